The fourth-order valence-corrected chi connectivity index (χ4v) is 4.33. The Kier molecular flexibility index (Phi) is 6.49. The molecule has 0 saturated carbocycles. The Morgan fingerprint density at radius 2 is 1.71 bits per heavy atom. The maximum atomic E-state index is 14.8. The third kappa shape index (κ3) is 4.21. The van der Waals surface area contributed by atoms with E-state index in [0.29, 0.717) is 11.6 Å². The van der Waals surface area contributed by atoms with E-state index in [4.69, 9.17) is 21.1 Å². The van der Waals surface area contributed by atoms with Crippen LogP contribution in [0.25, 0.3) is 5.76 Å². The number of methoxy groups -OCH3 is 2. The predicted molar refractivity (Wildman–Crippen MR) is 127 cm³/mol. The molecular formula is C26H20ClF2NO5. The lowest BCUT2D eigenvalue weighted by atomic mass is 9.94. The first-order valence-electron chi connectivity index (χ1n) is 10.4. The van der Waals surface area contributed by atoms with Crippen LogP contribution in [0.2, 0.25) is 5.02 Å². The average molecular weight is 500 g/mol. The third-order valence-electron chi connectivity index (χ3n) is 5.70. The zero-order valence-corrected chi connectivity index (χ0v) is 19.7. The molecule has 35 heavy (non-hydrogen) atoms. The van der Waals surface area contributed by atoms with Gasteiger partial charge < -0.3 is 14.6 Å². The van der Waals surface area contributed by atoms with Gasteiger partial charge in [0.25, 0.3) is 11.7 Å². The second-order valence-electron chi connectivity index (χ2n) is 7.87. The van der Waals surface area contributed by atoms with E-state index in [-0.39, 0.29) is 33.3 Å². The first kappa shape index (κ1) is 24.2. The van der Waals surface area contributed by atoms with Crippen LogP contribution in [0.15, 0.2) is 60.2 Å². The number of carbonyl (C=O) groups excluding carboxylic acids is 2. The van der Waals surface area contributed by atoms with E-state index < -0.39 is 35.1 Å². The minimum atomic E-state index is -1.21. The Balaban J connectivity index is 2.03. The lowest BCUT2D eigenvalue weighted by Crippen LogP contribution is -2.30. The molecule has 1 aliphatic heterocycles. The maximum absolute atomic E-state index is 14.8. The summed E-state index contributed by atoms with van der Waals surface area (Å²) in [4.78, 5) is 27.4. The van der Waals surface area contributed by atoms with Gasteiger partial charge in [0, 0.05) is 12.1 Å². The van der Waals surface area contributed by atoms with E-state index in [1.54, 1.807) is 31.2 Å². The minimum Gasteiger partial charge on any atom is -0.507 e. The van der Waals surface area contributed by atoms with E-state index in [2.05, 4.69) is 0 Å². The highest BCUT2D eigenvalue weighted by Crippen LogP contribution is 2.45. The number of hydrogen-bond donors (Lipinski definition) is 1. The summed E-state index contributed by atoms with van der Waals surface area (Å²) < 4.78 is 39.0. The van der Waals surface area contributed by atoms with Crippen molar-refractivity contribution in [3.05, 3.63) is 93.5 Å². The highest BCUT2D eigenvalue weighted by atomic mass is 35.5. The highest BCUT2D eigenvalue weighted by molar-refractivity contribution is 6.51. The Labute approximate surface area is 205 Å². The molecule has 0 aliphatic carbocycles. The lowest BCUT2D eigenvalue weighted by molar-refractivity contribution is -0.132. The van der Waals surface area contributed by atoms with Crippen molar-refractivity contribution in [2.24, 2.45) is 0 Å². The van der Waals surface area contributed by atoms with Gasteiger partial charge in [0.2, 0.25) is 0 Å². The van der Waals surface area contributed by atoms with Gasteiger partial charge in [-0.15, -0.1) is 0 Å². The summed E-state index contributed by atoms with van der Waals surface area (Å²) in [7, 11) is 2.72. The minimum absolute atomic E-state index is 0.0454. The van der Waals surface area contributed by atoms with Crippen LogP contribution in [0.3, 0.4) is 0 Å². The van der Waals surface area contributed by atoms with Gasteiger partial charge in [0.15, 0.2) is 0 Å². The van der Waals surface area contributed by atoms with Gasteiger partial charge in [-0.05, 0) is 30.7 Å². The van der Waals surface area contributed by atoms with E-state index in [1.807, 2.05) is 0 Å². The summed E-state index contributed by atoms with van der Waals surface area (Å²) in [5.41, 5.74) is 0.684. The number of aliphatic hydroxyl groups is 1. The number of ether oxygens (including phenoxy) is 2. The second kappa shape index (κ2) is 9.38. The quantitative estimate of drug-likeness (QED) is 0.282. The molecule has 1 heterocycles. The van der Waals surface area contributed by atoms with E-state index in [1.165, 1.54) is 26.4 Å². The molecule has 3 aromatic carbocycles. The number of amides is 1. The summed E-state index contributed by atoms with van der Waals surface area (Å²) >= 11 is 6.17. The van der Waals surface area contributed by atoms with Gasteiger partial charge in [-0.3, -0.25) is 14.5 Å². The highest BCUT2D eigenvalue weighted by Gasteiger charge is 2.48. The number of halogens is 3. The molecule has 0 spiro atoms. The first-order chi connectivity index (χ1) is 16.7. The molecule has 1 saturated heterocycles. The number of benzene rings is 3. The summed E-state index contributed by atoms with van der Waals surface area (Å²) in [6.45, 7) is 1.81. The van der Waals surface area contributed by atoms with Crippen molar-refractivity contribution >= 4 is 34.7 Å². The van der Waals surface area contributed by atoms with E-state index in [9.17, 15) is 23.5 Å². The van der Waals surface area contributed by atoms with Gasteiger partial charge in [-0.1, -0.05) is 41.4 Å². The van der Waals surface area contributed by atoms with Crippen LogP contribution in [0.4, 0.5) is 14.5 Å². The molecular weight excluding hydrogens is 480 g/mol. The standard InChI is InChI=1S/C26H20ClF2NO5/c1-13-5-4-6-14(9-13)23-22(24(31)16-11-21(35-3)17(27)12-20(16)34-2)25(32)26(33)30(23)19-8-7-15(28)10-18(19)29/h4-12,23,31H,1-3H3/b24-22+. The number of hydrogen-bond acceptors (Lipinski definition) is 5. The van der Waals surface area contributed by atoms with Crippen LogP contribution < -0.4 is 14.4 Å². The molecule has 180 valence electrons. The molecule has 1 atom stereocenters. The number of Topliss-reactive ketones (excluding diaryl/α,β-unsaturated/α-hetero) is 1. The molecule has 6 nitrogen and oxygen atoms in total. The van der Waals surface area contributed by atoms with Crippen molar-refractivity contribution in [3.8, 4) is 11.5 Å². The molecule has 1 N–H and O–H groups in total. The zero-order chi connectivity index (χ0) is 25.4. The molecule has 1 fully saturated rings. The zero-order valence-electron chi connectivity index (χ0n) is 18.9. The predicted octanol–water partition coefficient (Wildman–Crippen LogP) is 5.57. The van der Waals surface area contributed by atoms with Crippen molar-refractivity contribution in [1.29, 1.82) is 0 Å². The topological polar surface area (TPSA) is 76.1 Å². The van der Waals surface area contributed by atoms with Gasteiger partial charge in [0.1, 0.15) is 28.9 Å². The largest absolute Gasteiger partial charge is 0.507 e. The van der Waals surface area contributed by atoms with Crippen molar-refractivity contribution in [3.63, 3.8) is 0 Å². The summed E-state index contributed by atoms with van der Waals surface area (Å²) in [5.74, 6) is -4.25. The lowest BCUT2D eigenvalue weighted by Gasteiger charge is -2.26. The molecule has 0 radical (unpaired) electrons. The van der Waals surface area contributed by atoms with Crippen LogP contribution in [0.5, 0.6) is 11.5 Å². The number of rotatable bonds is 5. The number of aryl methyl sites for hydroxylation is 1. The van der Waals surface area contributed by atoms with Crippen LogP contribution in [-0.4, -0.2) is 31.0 Å². The van der Waals surface area contributed by atoms with Crippen LogP contribution in [0.1, 0.15) is 22.7 Å². The van der Waals surface area contributed by atoms with E-state index in [0.717, 1.165) is 22.6 Å². The molecule has 9 heteroatoms. The second-order valence-corrected chi connectivity index (χ2v) is 8.27. The van der Waals surface area contributed by atoms with Gasteiger partial charge in [-0.25, -0.2) is 8.78 Å². The molecule has 1 amide bonds. The summed E-state index contributed by atoms with van der Waals surface area (Å²) in [6.07, 6.45) is 0. The first-order valence-corrected chi connectivity index (χ1v) is 10.8. The monoisotopic (exact) mass is 499 g/mol. The summed E-state index contributed by atoms with van der Waals surface area (Å²) in [6, 6.07) is 11.1. The molecule has 0 bridgehead atoms. The Morgan fingerprint density at radius 1 is 1.00 bits per heavy atom. The Morgan fingerprint density at radius 3 is 2.34 bits per heavy atom. The average Bonchev–Trinajstić information content (AvgIpc) is 3.09. The molecule has 1 aliphatic rings. The normalized spacial score (nSPS) is 17.1. The fourth-order valence-electron chi connectivity index (χ4n) is 4.10. The molecule has 1 unspecified atom stereocenters. The van der Waals surface area contributed by atoms with Gasteiger partial charge in [-0.2, -0.15) is 0 Å². The van der Waals surface area contributed by atoms with Crippen molar-refractivity contribution in [2.45, 2.75) is 13.0 Å². The molecule has 4 rings (SSSR count). The van der Waals surface area contributed by atoms with Crippen LogP contribution in [-0.2, 0) is 9.59 Å². The van der Waals surface area contributed by atoms with Crippen molar-refractivity contribution in [1.82, 2.24) is 0 Å². The summed E-state index contributed by atoms with van der Waals surface area (Å²) in [5, 5.41) is 11.6. The van der Waals surface area contributed by atoms with Crippen LogP contribution >= 0.6 is 11.6 Å². The number of ketones is 1. The number of nitrogens with zero attached hydrogens (tertiary/aromatic N) is 1. The molecule has 3 aromatic rings. The van der Waals surface area contributed by atoms with Gasteiger partial charge >= 0.3 is 0 Å². The smallest absolute Gasteiger partial charge is 0.300 e. The van der Waals surface area contributed by atoms with Gasteiger partial charge in [0.05, 0.1) is 42.1 Å². The fraction of sp³-hybridized carbons (Fsp3) is 0.154. The number of aliphatic hydroxyl groups excluding tert-OH is 1. The third-order valence-corrected chi connectivity index (χ3v) is 6.00. The van der Waals surface area contributed by atoms with Crippen molar-refractivity contribution in [2.75, 3.05) is 19.1 Å². The Hall–Kier alpha value is -3.91. The van der Waals surface area contributed by atoms with Crippen molar-refractivity contribution < 1.29 is 33.0 Å². The number of carbonyl (C=O) groups is 2. The maximum Gasteiger partial charge on any atom is 0.300 e. The molecule has 0 aromatic heterocycles. The SMILES string of the molecule is COc1cc(/C(O)=C2\C(=O)C(=O)N(c3ccc(F)cc3F)C2c2cccc(C)c2)c(OC)cc1Cl. The van der Waals surface area contributed by atoms with Crippen LogP contribution in [0, 0.1) is 18.6 Å². The van der Waals surface area contributed by atoms with E-state index >= 15 is 0 Å². The Bertz CT molecular complexity index is 1390. The number of anilines is 1.